The monoisotopic (exact) mass is 220 g/mol. The Morgan fingerprint density at radius 1 is 0.786 bits per heavy atom. The molecule has 72 valence electrons. The molecule has 0 atom stereocenters. The molecule has 14 heavy (non-hydrogen) atoms. The van der Waals surface area contributed by atoms with Crippen LogP contribution in [0.5, 0.6) is 0 Å². The molecule has 0 amide bonds. The first-order valence-electron chi connectivity index (χ1n) is 4.69. The summed E-state index contributed by atoms with van der Waals surface area (Å²) in [4.78, 5) is 2.70. The van der Waals surface area contributed by atoms with Crippen molar-refractivity contribution in [3.63, 3.8) is 0 Å². The third-order valence-electron chi connectivity index (χ3n) is 1.93. The molecule has 0 nitrogen and oxygen atoms in total. The van der Waals surface area contributed by atoms with Crippen molar-refractivity contribution < 1.29 is 0 Å². The summed E-state index contributed by atoms with van der Waals surface area (Å²) < 4.78 is 0. The van der Waals surface area contributed by atoms with Crippen LogP contribution in [0.1, 0.15) is 12.8 Å². The second-order valence-electron chi connectivity index (χ2n) is 3.00. The Balaban J connectivity index is 2.27. The molecule has 0 unspecified atom stereocenters. The molecule has 0 spiro atoms. The van der Waals surface area contributed by atoms with E-state index in [4.69, 9.17) is 0 Å². The van der Waals surface area contributed by atoms with Gasteiger partial charge < -0.3 is 0 Å². The largest absolute Gasteiger partial charge is 0.0972 e. The summed E-state index contributed by atoms with van der Waals surface area (Å²) in [5, 5.41) is 4.39. The van der Waals surface area contributed by atoms with Crippen molar-refractivity contribution in [2.24, 2.45) is 0 Å². The molecule has 1 aliphatic rings. The Bertz CT molecular complexity index is 318. The van der Waals surface area contributed by atoms with Crippen LogP contribution in [-0.2, 0) is 0 Å². The molecular formula is C12H12S2. The van der Waals surface area contributed by atoms with Crippen molar-refractivity contribution >= 4 is 23.5 Å². The van der Waals surface area contributed by atoms with Crippen molar-refractivity contribution in [3.8, 4) is 0 Å². The number of rotatable bonds is 0. The van der Waals surface area contributed by atoms with Gasteiger partial charge in [-0.05, 0) is 35.8 Å². The molecule has 1 aromatic carbocycles. The summed E-state index contributed by atoms with van der Waals surface area (Å²) in [6.45, 7) is 0. The Morgan fingerprint density at radius 2 is 1.29 bits per heavy atom. The van der Waals surface area contributed by atoms with Crippen LogP contribution in [0, 0.1) is 0 Å². The molecule has 0 saturated carbocycles. The van der Waals surface area contributed by atoms with Gasteiger partial charge in [0, 0.05) is 9.79 Å². The van der Waals surface area contributed by atoms with E-state index in [-0.39, 0.29) is 0 Å². The topological polar surface area (TPSA) is 0 Å². The maximum absolute atomic E-state index is 2.24. The lowest BCUT2D eigenvalue weighted by Crippen LogP contribution is -1.75. The fraction of sp³-hybridized carbons (Fsp3) is 0.167. The Labute approximate surface area is 93.5 Å². The Kier molecular flexibility index (Phi) is 3.78. The summed E-state index contributed by atoms with van der Waals surface area (Å²) >= 11 is 3.62. The first-order chi connectivity index (χ1) is 6.97. The van der Waals surface area contributed by atoms with E-state index in [0.29, 0.717) is 0 Å². The Morgan fingerprint density at radius 3 is 1.79 bits per heavy atom. The third-order valence-corrected chi connectivity index (χ3v) is 3.94. The van der Waals surface area contributed by atoms with Gasteiger partial charge in [0.2, 0.25) is 0 Å². The van der Waals surface area contributed by atoms with Gasteiger partial charge in [0.1, 0.15) is 0 Å². The van der Waals surface area contributed by atoms with Crippen LogP contribution < -0.4 is 0 Å². The molecule has 1 aromatic rings. The molecule has 0 bridgehead atoms. The quantitative estimate of drug-likeness (QED) is 0.622. The van der Waals surface area contributed by atoms with Crippen LogP contribution in [0.25, 0.3) is 0 Å². The van der Waals surface area contributed by atoms with E-state index in [1.54, 1.807) is 0 Å². The van der Waals surface area contributed by atoms with Crippen molar-refractivity contribution in [2.75, 3.05) is 0 Å². The van der Waals surface area contributed by atoms with Gasteiger partial charge in [0.15, 0.2) is 0 Å². The van der Waals surface area contributed by atoms with Gasteiger partial charge in [-0.2, -0.15) is 0 Å². The first-order valence-corrected chi connectivity index (χ1v) is 6.45. The van der Waals surface area contributed by atoms with Crippen LogP contribution in [0.2, 0.25) is 0 Å². The van der Waals surface area contributed by atoms with Gasteiger partial charge in [-0.3, -0.25) is 0 Å². The molecule has 0 aromatic heterocycles. The SMILES string of the molecule is C1=CSc2ccccc2SC=CCC1. The zero-order valence-corrected chi connectivity index (χ0v) is 9.48. The average molecular weight is 220 g/mol. The van der Waals surface area contributed by atoms with Crippen LogP contribution >= 0.6 is 23.5 Å². The van der Waals surface area contributed by atoms with Crippen LogP contribution in [0.4, 0.5) is 0 Å². The highest BCUT2D eigenvalue weighted by atomic mass is 32.2. The van der Waals surface area contributed by atoms with E-state index in [1.165, 1.54) is 9.79 Å². The lowest BCUT2D eigenvalue weighted by atomic mass is 10.3. The fourth-order valence-electron chi connectivity index (χ4n) is 1.22. The highest BCUT2D eigenvalue weighted by Gasteiger charge is 1.99. The molecule has 2 rings (SSSR count). The van der Waals surface area contributed by atoms with Gasteiger partial charge in [0.25, 0.3) is 0 Å². The van der Waals surface area contributed by atoms with Gasteiger partial charge in [-0.25, -0.2) is 0 Å². The minimum absolute atomic E-state index is 1.15. The molecule has 0 fully saturated rings. The molecule has 1 heterocycles. The first kappa shape index (κ1) is 9.94. The van der Waals surface area contributed by atoms with Gasteiger partial charge in [-0.15, -0.1) is 0 Å². The lowest BCUT2D eigenvalue weighted by Gasteiger charge is -2.04. The maximum Gasteiger partial charge on any atom is 0.0255 e. The number of hydrogen-bond acceptors (Lipinski definition) is 2. The van der Waals surface area contributed by atoms with Crippen LogP contribution in [-0.4, -0.2) is 0 Å². The average Bonchev–Trinajstić information content (AvgIpc) is 2.25. The predicted octanol–water partition coefficient (Wildman–Crippen LogP) is 4.69. The van der Waals surface area contributed by atoms with E-state index in [1.807, 2.05) is 23.5 Å². The zero-order valence-electron chi connectivity index (χ0n) is 7.85. The normalized spacial score (nSPS) is 16.3. The number of benzene rings is 1. The standard InChI is InChI=1S/C12H12S2/c1-2-6-10-14-12-8-4-3-7-11(12)13-9-5-1/h3-10H,1-2H2. The van der Waals surface area contributed by atoms with E-state index < -0.39 is 0 Å². The lowest BCUT2D eigenvalue weighted by molar-refractivity contribution is 1.06. The molecule has 0 aliphatic carbocycles. The highest BCUT2D eigenvalue weighted by molar-refractivity contribution is 8.05. The second-order valence-corrected chi connectivity index (χ2v) is 4.90. The van der Waals surface area contributed by atoms with Crippen molar-refractivity contribution in [2.45, 2.75) is 22.6 Å². The zero-order chi connectivity index (χ0) is 9.64. The number of thioether (sulfide) groups is 2. The van der Waals surface area contributed by atoms with E-state index in [2.05, 4.69) is 47.2 Å². The molecule has 0 radical (unpaired) electrons. The smallest absolute Gasteiger partial charge is 0.0255 e. The molecular weight excluding hydrogens is 208 g/mol. The van der Waals surface area contributed by atoms with Gasteiger partial charge in [-0.1, -0.05) is 47.8 Å². The Hall–Kier alpha value is -0.600. The van der Waals surface area contributed by atoms with Crippen LogP contribution in [0.15, 0.2) is 57.0 Å². The minimum atomic E-state index is 1.15. The van der Waals surface area contributed by atoms with E-state index in [9.17, 15) is 0 Å². The van der Waals surface area contributed by atoms with Gasteiger partial charge in [0.05, 0.1) is 0 Å². The highest BCUT2D eigenvalue weighted by Crippen LogP contribution is 2.32. The number of fused-ring (bicyclic) bond motifs is 1. The predicted molar refractivity (Wildman–Crippen MR) is 65.7 cm³/mol. The van der Waals surface area contributed by atoms with E-state index in [0.717, 1.165) is 12.8 Å². The number of hydrogen-bond donors (Lipinski definition) is 0. The molecule has 1 aliphatic heterocycles. The summed E-state index contributed by atoms with van der Waals surface area (Å²) in [6, 6.07) is 8.53. The number of allylic oxidation sites excluding steroid dienone is 2. The maximum atomic E-state index is 2.24. The summed E-state index contributed by atoms with van der Waals surface area (Å²) in [5.41, 5.74) is 0. The molecule has 0 N–H and O–H groups in total. The molecule has 2 heteroatoms. The fourth-order valence-corrected chi connectivity index (χ4v) is 2.95. The summed E-state index contributed by atoms with van der Waals surface area (Å²) in [7, 11) is 0. The minimum Gasteiger partial charge on any atom is -0.0972 e. The second kappa shape index (κ2) is 5.32. The van der Waals surface area contributed by atoms with Gasteiger partial charge >= 0.3 is 0 Å². The van der Waals surface area contributed by atoms with Crippen LogP contribution in [0.3, 0.4) is 0 Å². The summed E-state index contributed by atoms with van der Waals surface area (Å²) in [5.74, 6) is 0. The van der Waals surface area contributed by atoms with Crippen molar-refractivity contribution in [3.05, 3.63) is 47.2 Å². The third kappa shape index (κ3) is 2.69. The van der Waals surface area contributed by atoms with Crippen molar-refractivity contribution in [1.29, 1.82) is 0 Å². The summed E-state index contributed by atoms with van der Waals surface area (Å²) in [6.07, 6.45) is 6.77. The van der Waals surface area contributed by atoms with E-state index >= 15 is 0 Å². The molecule has 0 saturated heterocycles. The van der Waals surface area contributed by atoms with Crippen molar-refractivity contribution in [1.82, 2.24) is 0 Å².